The molecule has 0 unspecified atom stereocenters. The van der Waals surface area contributed by atoms with Gasteiger partial charge in [0.2, 0.25) is 0 Å². The molecule has 1 heterocycles. The van der Waals surface area contributed by atoms with Crippen LogP contribution in [0.1, 0.15) is 35.7 Å². The summed E-state index contributed by atoms with van der Waals surface area (Å²) in [5.74, 6) is 0.279. The molecular weight excluding hydrogens is 238 g/mol. The number of hydrogen-bond acceptors (Lipinski definition) is 3. The van der Waals surface area contributed by atoms with Gasteiger partial charge in [0.1, 0.15) is 0 Å². The molecule has 0 atom stereocenters. The number of nitrogens with zero attached hydrogens (tertiary/aromatic N) is 1. The molecule has 0 spiro atoms. The van der Waals surface area contributed by atoms with E-state index in [2.05, 4.69) is 24.1 Å². The van der Waals surface area contributed by atoms with Crippen LogP contribution < -0.4 is 11.1 Å². The molecule has 3 N–H and O–H groups in total. The lowest BCUT2D eigenvalue weighted by molar-refractivity contribution is 0.102. The molecule has 0 saturated carbocycles. The molecule has 19 heavy (non-hydrogen) atoms. The van der Waals surface area contributed by atoms with Crippen molar-refractivity contribution in [3.8, 4) is 0 Å². The van der Waals surface area contributed by atoms with Gasteiger partial charge in [0.15, 0.2) is 0 Å². The Morgan fingerprint density at radius 1 is 1.21 bits per heavy atom. The van der Waals surface area contributed by atoms with Gasteiger partial charge in [-0.2, -0.15) is 0 Å². The molecule has 0 bridgehead atoms. The van der Waals surface area contributed by atoms with Crippen LogP contribution in [0.3, 0.4) is 0 Å². The molecular formula is C15H17N3O. The second-order valence-electron chi connectivity index (χ2n) is 4.69. The highest BCUT2D eigenvalue weighted by Gasteiger charge is 2.08. The third-order valence-electron chi connectivity index (χ3n) is 2.94. The third-order valence-corrected chi connectivity index (χ3v) is 2.94. The number of nitrogen functional groups attached to an aromatic ring is 1. The van der Waals surface area contributed by atoms with Crippen molar-refractivity contribution in [2.24, 2.45) is 0 Å². The summed E-state index contributed by atoms with van der Waals surface area (Å²) < 4.78 is 0. The van der Waals surface area contributed by atoms with E-state index < -0.39 is 0 Å². The number of aromatic nitrogens is 1. The van der Waals surface area contributed by atoms with Gasteiger partial charge in [-0.1, -0.05) is 26.0 Å². The highest BCUT2D eigenvalue weighted by Crippen LogP contribution is 2.18. The first kappa shape index (κ1) is 13.1. The normalized spacial score (nSPS) is 10.5. The van der Waals surface area contributed by atoms with Crippen LogP contribution in [0.25, 0.3) is 0 Å². The van der Waals surface area contributed by atoms with Gasteiger partial charge in [-0.15, -0.1) is 0 Å². The number of rotatable bonds is 3. The van der Waals surface area contributed by atoms with Crippen molar-refractivity contribution in [3.63, 3.8) is 0 Å². The molecule has 0 saturated heterocycles. The van der Waals surface area contributed by atoms with Crippen molar-refractivity contribution in [2.45, 2.75) is 19.8 Å². The molecule has 0 aliphatic carbocycles. The molecule has 1 amide bonds. The first-order valence-electron chi connectivity index (χ1n) is 6.18. The second kappa shape index (κ2) is 5.52. The standard InChI is InChI=1S/C15H17N3O/c1-10(2)11-3-5-12(6-4-11)15(19)18-14-7-8-17-9-13(14)16/h3-10H,16H2,1-2H3,(H,17,18,19). The number of hydrogen-bond donors (Lipinski definition) is 2. The summed E-state index contributed by atoms with van der Waals surface area (Å²) in [6, 6.07) is 9.25. The maximum absolute atomic E-state index is 12.1. The summed E-state index contributed by atoms with van der Waals surface area (Å²) in [5.41, 5.74) is 8.58. The quantitative estimate of drug-likeness (QED) is 0.885. The largest absolute Gasteiger partial charge is 0.396 e. The Hall–Kier alpha value is -2.36. The summed E-state index contributed by atoms with van der Waals surface area (Å²) in [4.78, 5) is 15.9. The Labute approximate surface area is 112 Å². The minimum Gasteiger partial charge on any atom is -0.396 e. The predicted molar refractivity (Wildman–Crippen MR) is 77.1 cm³/mol. The number of nitrogens with two attached hydrogens (primary N) is 1. The average molecular weight is 255 g/mol. The van der Waals surface area contributed by atoms with E-state index in [1.165, 1.54) is 11.8 Å². The van der Waals surface area contributed by atoms with E-state index in [9.17, 15) is 4.79 Å². The van der Waals surface area contributed by atoms with Gasteiger partial charge < -0.3 is 11.1 Å². The SMILES string of the molecule is CC(C)c1ccc(C(=O)Nc2ccncc2N)cc1. The highest BCUT2D eigenvalue weighted by molar-refractivity contribution is 6.05. The zero-order valence-electron chi connectivity index (χ0n) is 11.1. The zero-order chi connectivity index (χ0) is 13.8. The van der Waals surface area contributed by atoms with Crippen molar-refractivity contribution in [1.29, 1.82) is 0 Å². The molecule has 2 rings (SSSR count). The Balaban J connectivity index is 2.14. The highest BCUT2D eigenvalue weighted by atomic mass is 16.1. The molecule has 0 aliphatic heterocycles. The fraction of sp³-hybridized carbons (Fsp3) is 0.200. The number of amides is 1. The van der Waals surface area contributed by atoms with E-state index in [-0.39, 0.29) is 5.91 Å². The van der Waals surface area contributed by atoms with Crippen LogP contribution in [0, 0.1) is 0 Å². The zero-order valence-corrected chi connectivity index (χ0v) is 11.1. The maximum atomic E-state index is 12.1. The van der Waals surface area contributed by atoms with E-state index in [4.69, 9.17) is 5.73 Å². The lowest BCUT2D eigenvalue weighted by Crippen LogP contribution is -2.13. The van der Waals surface area contributed by atoms with Gasteiger partial charge in [-0.05, 0) is 29.7 Å². The maximum Gasteiger partial charge on any atom is 0.255 e. The first-order chi connectivity index (χ1) is 9.08. The molecule has 1 aromatic heterocycles. The first-order valence-corrected chi connectivity index (χ1v) is 6.18. The number of pyridine rings is 1. The Morgan fingerprint density at radius 3 is 2.47 bits per heavy atom. The molecule has 1 aromatic carbocycles. The van der Waals surface area contributed by atoms with E-state index in [0.29, 0.717) is 22.9 Å². The molecule has 0 aliphatic rings. The Bertz CT molecular complexity index is 576. The van der Waals surface area contributed by atoms with Crippen LogP contribution in [0.2, 0.25) is 0 Å². The van der Waals surface area contributed by atoms with E-state index in [1.54, 1.807) is 12.3 Å². The lowest BCUT2D eigenvalue weighted by Gasteiger charge is -2.09. The van der Waals surface area contributed by atoms with Crippen molar-refractivity contribution in [3.05, 3.63) is 53.9 Å². The third kappa shape index (κ3) is 3.10. The van der Waals surface area contributed by atoms with Gasteiger partial charge in [0, 0.05) is 11.8 Å². The van der Waals surface area contributed by atoms with Crippen LogP contribution in [-0.4, -0.2) is 10.9 Å². The van der Waals surface area contributed by atoms with Crippen molar-refractivity contribution >= 4 is 17.3 Å². The number of benzene rings is 1. The van der Waals surface area contributed by atoms with Gasteiger partial charge in [0.25, 0.3) is 5.91 Å². The van der Waals surface area contributed by atoms with Crippen LogP contribution in [0.4, 0.5) is 11.4 Å². The fourth-order valence-corrected chi connectivity index (χ4v) is 1.73. The van der Waals surface area contributed by atoms with Crippen LogP contribution in [-0.2, 0) is 0 Å². The molecule has 4 heteroatoms. The fourth-order valence-electron chi connectivity index (χ4n) is 1.73. The molecule has 2 aromatic rings. The lowest BCUT2D eigenvalue weighted by atomic mass is 10.0. The second-order valence-corrected chi connectivity index (χ2v) is 4.69. The Morgan fingerprint density at radius 2 is 1.89 bits per heavy atom. The summed E-state index contributed by atoms with van der Waals surface area (Å²) in [5, 5.41) is 2.77. The van der Waals surface area contributed by atoms with Gasteiger partial charge in [-0.25, -0.2) is 0 Å². The smallest absolute Gasteiger partial charge is 0.255 e. The predicted octanol–water partition coefficient (Wildman–Crippen LogP) is 3.04. The average Bonchev–Trinajstić information content (AvgIpc) is 2.41. The number of anilines is 2. The van der Waals surface area contributed by atoms with Crippen LogP contribution in [0.5, 0.6) is 0 Å². The molecule has 0 radical (unpaired) electrons. The van der Waals surface area contributed by atoms with Crippen molar-refractivity contribution in [2.75, 3.05) is 11.1 Å². The topological polar surface area (TPSA) is 68.0 Å². The van der Waals surface area contributed by atoms with Crippen LogP contribution in [0.15, 0.2) is 42.7 Å². The summed E-state index contributed by atoms with van der Waals surface area (Å²) in [6.45, 7) is 4.24. The van der Waals surface area contributed by atoms with Crippen LogP contribution >= 0.6 is 0 Å². The number of carbonyl (C=O) groups excluding carboxylic acids is 1. The Kier molecular flexibility index (Phi) is 3.80. The van der Waals surface area contributed by atoms with E-state index in [1.807, 2.05) is 24.3 Å². The molecule has 4 nitrogen and oxygen atoms in total. The molecule has 98 valence electrons. The minimum absolute atomic E-state index is 0.173. The van der Waals surface area contributed by atoms with Gasteiger partial charge in [0.05, 0.1) is 17.6 Å². The molecule has 0 fully saturated rings. The summed E-state index contributed by atoms with van der Waals surface area (Å²) >= 11 is 0. The number of nitrogens with one attached hydrogen (secondary N) is 1. The monoisotopic (exact) mass is 255 g/mol. The van der Waals surface area contributed by atoms with E-state index in [0.717, 1.165) is 0 Å². The number of carbonyl (C=O) groups is 1. The van der Waals surface area contributed by atoms with Crippen molar-refractivity contribution < 1.29 is 4.79 Å². The van der Waals surface area contributed by atoms with E-state index >= 15 is 0 Å². The van der Waals surface area contributed by atoms with Gasteiger partial charge >= 0.3 is 0 Å². The summed E-state index contributed by atoms with van der Waals surface area (Å²) in [7, 11) is 0. The summed E-state index contributed by atoms with van der Waals surface area (Å²) in [6.07, 6.45) is 3.10. The van der Waals surface area contributed by atoms with Crippen molar-refractivity contribution in [1.82, 2.24) is 4.98 Å². The minimum atomic E-state index is -0.173. The van der Waals surface area contributed by atoms with Gasteiger partial charge in [-0.3, -0.25) is 9.78 Å².